The van der Waals surface area contributed by atoms with E-state index in [4.69, 9.17) is 18.9 Å². The predicted molar refractivity (Wildman–Crippen MR) is 197 cm³/mol. The van der Waals surface area contributed by atoms with Crippen LogP contribution in [-0.4, -0.2) is 107 Å². The van der Waals surface area contributed by atoms with E-state index in [-0.39, 0.29) is 82.3 Å². The van der Waals surface area contributed by atoms with Crippen LogP contribution >= 0.6 is 0 Å². The molecule has 0 aliphatic rings. The molecule has 0 radical (unpaired) electrons. The minimum absolute atomic E-state index is 0.00360. The molecule has 0 rings (SSSR count). The third-order valence-corrected chi connectivity index (χ3v) is 8.15. The number of carbonyl (C=O) groups is 5. The quantitative estimate of drug-likeness (QED) is 0.0624. The summed E-state index contributed by atoms with van der Waals surface area (Å²) in [5.41, 5.74) is 0. The molecule has 0 aromatic rings. The number of Topliss-reactive ketones (excluding diaryl/α,β-unsaturated/α-hetero) is 1. The summed E-state index contributed by atoms with van der Waals surface area (Å²) in [6.07, 6.45) is 18.9. The van der Waals surface area contributed by atoms with Gasteiger partial charge in [-0.3, -0.25) is 19.2 Å². The van der Waals surface area contributed by atoms with Gasteiger partial charge in [0.05, 0.1) is 39.6 Å². The summed E-state index contributed by atoms with van der Waals surface area (Å²) < 4.78 is 21.0. The highest BCUT2D eigenvalue weighted by molar-refractivity contribution is 5.84. The molecule has 298 valence electrons. The highest BCUT2D eigenvalue weighted by Crippen LogP contribution is 2.15. The number of carboxylic acid groups (broad SMARTS) is 1. The Morgan fingerprint density at radius 1 is 0.510 bits per heavy atom. The molecular formula is C38H71N3O10. The van der Waals surface area contributed by atoms with E-state index in [0.29, 0.717) is 26.4 Å². The molecule has 0 aliphatic heterocycles. The SMILES string of the molecule is CC(=O)COCCOCCNC(=O)COCCOCCNC(=O)CCC(NC(=O)CCCCCCCCCCCCCCCCC(C)C)C(=O)O. The molecule has 0 bridgehead atoms. The molecule has 0 fully saturated rings. The predicted octanol–water partition coefficient (Wildman–Crippen LogP) is 5.12. The van der Waals surface area contributed by atoms with Crippen LogP contribution in [0.2, 0.25) is 0 Å². The number of unbranched alkanes of at least 4 members (excludes halogenated alkanes) is 13. The van der Waals surface area contributed by atoms with Crippen LogP contribution in [0.1, 0.15) is 136 Å². The number of rotatable bonds is 38. The van der Waals surface area contributed by atoms with Crippen LogP contribution in [0.5, 0.6) is 0 Å². The fraction of sp³-hybridized carbons (Fsp3) is 0.868. The molecule has 1 atom stereocenters. The fourth-order valence-electron chi connectivity index (χ4n) is 5.24. The van der Waals surface area contributed by atoms with Crippen LogP contribution in [0, 0.1) is 5.92 Å². The van der Waals surface area contributed by atoms with Crippen LogP contribution in [0.25, 0.3) is 0 Å². The van der Waals surface area contributed by atoms with Crippen molar-refractivity contribution in [1.29, 1.82) is 0 Å². The molecule has 0 saturated carbocycles. The summed E-state index contributed by atoms with van der Waals surface area (Å²) in [5.74, 6) is -1.29. The highest BCUT2D eigenvalue weighted by atomic mass is 16.5. The van der Waals surface area contributed by atoms with Crippen molar-refractivity contribution in [3.05, 3.63) is 0 Å². The lowest BCUT2D eigenvalue weighted by molar-refractivity contribution is -0.142. The minimum Gasteiger partial charge on any atom is -0.480 e. The second-order valence-electron chi connectivity index (χ2n) is 13.6. The molecule has 51 heavy (non-hydrogen) atoms. The number of nitrogens with one attached hydrogen (secondary N) is 3. The van der Waals surface area contributed by atoms with Gasteiger partial charge in [-0.05, 0) is 25.7 Å². The van der Waals surface area contributed by atoms with Gasteiger partial charge in [0.15, 0.2) is 5.78 Å². The van der Waals surface area contributed by atoms with E-state index in [1.54, 1.807) is 0 Å². The first kappa shape index (κ1) is 48.4. The second kappa shape index (κ2) is 35.8. The second-order valence-corrected chi connectivity index (χ2v) is 13.6. The van der Waals surface area contributed by atoms with Gasteiger partial charge in [-0.2, -0.15) is 0 Å². The average Bonchev–Trinajstić information content (AvgIpc) is 3.08. The highest BCUT2D eigenvalue weighted by Gasteiger charge is 2.20. The molecule has 0 aliphatic carbocycles. The zero-order valence-electron chi connectivity index (χ0n) is 32.1. The van der Waals surface area contributed by atoms with Crippen molar-refractivity contribution in [3.8, 4) is 0 Å². The number of carbonyl (C=O) groups excluding carboxylic acids is 4. The normalized spacial score (nSPS) is 11.8. The summed E-state index contributed by atoms with van der Waals surface area (Å²) in [7, 11) is 0. The lowest BCUT2D eigenvalue weighted by Crippen LogP contribution is -2.41. The smallest absolute Gasteiger partial charge is 0.326 e. The molecule has 3 amide bonds. The molecule has 0 aromatic heterocycles. The maximum Gasteiger partial charge on any atom is 0.326 e. The first-order valence-corrected chi connectivity index (χ1v) is 19.5. The number of ether oxygens (including phenoxy) is 4. The number of hydrogen-bond donors (Lipinski definition) is 4. The maximum atomic E-state index is 12.3. The molecule has 0 heterocycles. The Bertz CT molecular complexity index is 903. The zero-order chi connectivity index (χ0) is 37.8. The van der Waals surface area contributed by atoms with E-state index in [1.165, 1.54) is 84.0 Å². The molecule has 13 nitrogen and oxygen atoms in total. The van der Waals surface area contributed by atoms with Crippen LogP contribution in [0.3, 0.4) is 0 Å². The van der Waals surface area contributed by atoms with E-state index in [0.717, 1.165) is 25.2 Å². The third kappa shape index (κ3) is 37.0. The van der Waals surface area contributed by atoms with Crippen molar-refractivity contribution >= 4 is 29.5 Å². The molecule has 4 N–H and O–H groups in total. The maximum absolute atomic E-state index is 12.3. The summed E-state index contributed by atoms with van der Waals surface area (Å²) in [5, 5.41) is 17.4. The Labute approximate surface area is 307 Å². The molecule has 13 heteroatoms. The van der Waals surface area contributed by atoms with Gasteiger partial charge in [-0.1, -0.05) is 104 Å². The van der Waals surface area contributed by atoms with Crippen molar-refractivity contribution in [3.63, 3.8) is 0 Å². The van der Waals surface area contributed by atoms with Crippen LogP contribution in [-0.2, 0) is 42.9 Å². The summed E-state index contributed by atoms with van der Waals surface area (Å²) in [6.45, 7) is 8.15. The van der Waals surface area contributed by atoms with Crippen molar-refractivity contribution in [2.75, 3.05) is 65.9 Å². The monoisotopic (exact) mass is 730 g/mol. The Kier molecular flexibility index (Phi) is 33.9. The molecular weight excluding hydrogens is 658 g/mol. The Balaban J connectivity index is 3.66. The Morgan fingerprint density at radius 3 is 1.45 bits per heavy atom. The van der Waals surface area contributed by atoms with Gasteiger partial charge >= 0.3 is 5.97 Å². The summed E-state index contributed by atoms with van der Waals surface area (Å²) in [6, 6.07) is -1.11. The topological polar surface area (TPSA) is 179 Å². The lowest BCUT2D eigenvalue weighted by Gasteiger charge is -2.14. The summed E-state index contributed by atoms with van der Waals surface area (Å²) >= 11 is 0. The van der Waals surface area contributed by atoms with E-state index in [2.05, 4.69) is 29.8 Å². The Hall–Kier alpha value is -2.61. The first-order chi connectivity index (χ1) is 24.6. The van der Waals surface area contributed by atoms with Gasteiger partial charge in [0.2, 0.25) is 17.7 Å². The van der Waals surface area contributed by atoms with E-state index >= 15 is 0 Å². The number of hydrogen-bond acceptors (Lipinski definition) is 9. The van der Waals surface area contributed by atoms with Gasteiger partial charge in [0, 0.05) is 25.9 Å². The number of amides is 3. The van der Waals surface area contributed by atoms with Gasteiger partial charge in [0.1, 0.15) is 19.3 Å². The molecule has 1 unspecified atom stereocenters. The largest absolute Gasteiger partial charge is 0.480 e. The van der Waals surface area contributed by atoms with E-state index in [9.17, 15) is 29.1 Å². The molecule has 0 aromatic carbocycles. The number of aliphatic carboxylic acids is 1. The van der Waals surface area contributed by atoms with Gasteiger partial charge < -0.3 is 40.0 Å². The van der Waals surface area contributed by atoms with Gasteiger partial charge in [0.25, 0.3) is 0 Å². The van der Waals surface area contributed by atoms with E-state index in [1.807, 2.05) is 0 Å². The van der Waals surface area contributed by atoms with Crippen LogP contribution in [0.15, 0.2) is 0 Å². The van der Waals surface area contributed by atoms with Crippen molar-refractivity contribution in [2.24, 2.45) is 5.92 Å². The summed E-state index contributed by atoms with van der Waals surface area (Å²) in [4.78, 5) is 58.5. The molecule has 0 spiro atoms. The van der Waals surface area contributed by atoms with Crippen LogP contribution in [0.4, 0.5) is 0 Å². The zero-order valence-corrected chi connectivity index (χ0v) is 32.1. The Morgan fingerprint density at radius 2 is 0.961 bits per heavy atom. The van der Waals surface area contributed by atoms with E-state index < -0.39 is 12.0 Å². The first-order valence-electron chi connectivity index (χ1n) is 19.5. The molecule has 0 saturated heterocycles. The standard InChI is InChI=1S/C38H71N3O10/c1-32(2)18-16-14-12-10-8-6-4-5-7-9-11-13-15-17-19-36(44)41-34(38(46)47)20-21-35(43)39-22-24-48-27-29-51-31-37(45)40-23-25-49-26-28-50-30-33(3)42/h32,34H,4-31H2,1-3H3,(H,39,43)(H,40,45)(H,41,44)(H,46,47). The van der Waals surface area contributed by atoms with Gasteiger partial charge in [-0.25, -0.2) is 4.79 Å². The fourth-order valence-corrected chi connectivity index (χ4v) is 5.24. The third-order valence-electron chi connectivity index (χ3n) is 8.15. The average molecular weight is 730 g/mol. The minimum atomic E-state index is -1.16. The van der Waals surface area contributed by atoms with Crippen molar-refractivity contribution in [2.45, 2.75) is 142 Å². The lowest BCUT2D eigenvalue weighted by atomic mass is 10.0. The van der Waals surface area contributed by atoms with Crippen molar-refractivity contribution in [1.82, 2.24) is 16.0 Å². The number of carboxylic acids is 1. The van der Waals surface area contributed by atoms with Crippen molar-refractivity contribution < 1.29 is 48.0 Å². The van der Waals surface area contributed by atoms with Gasteiger partial charge in [-0.15, -0.1) is 0 Å². The van der Waals surface area contributed by atoms with Crippen LogP contribution < -0.4 is 16.0 Å². The number of ketones is 1.